The third-order valence-corrected chi connectivity index (χ3v) is 3.45. The number of aromatic nitrogens is 3. The van der Waals surface area contributed by atoms with Crippen LogP contribution >= 0.6 is 11.6 Å². The first-order valence-corrected chi connectivity index (χ1v) is 7.00. The largest absolute Gasteiger partial charge is 0.444 e. The first kappa shape index (κ1) is 13.2. The van der Waals surface area contributed by atoms with Crippen LogP contribution in [0.2, 0.25) is 0 Å². The maximum atomic E-state index is 6.26. The number of halogens is 1. The minimum atomic E-state index is -0.168. The van der Waals surface area contributed by atoms with Crippen LogP contribution in [0, 0.1) is 13.8 Å². The number of hydrogen-bond donors (Lipinski definition) is 0. The minimum Gasteiger partial charge on any atom is -0.444 e. The predicted molar refractivity (Wildman–Crippen MR) is 79.1 cm³/mol. The highest BCUT2D eigenvalue weighted by molar-refractivity contribution is 6.20. The molecule has 0 saturated carbocycles. The Balaban J connectivity index is 2.15. The second-order valence-corrected chi connectivity index (χ2v) is 5.68. The van der Waals surface area contributed by atoms with Crippen LogP contribution in [0.4, 0.5) is 0 Å². The lowest BCUT2D eigenvalue weighted by Gasteiger charge is -2.08. The number of oxazole rings is 1. The van der Waals surface area contributed by atoms with E-state index in [0.717, 1.165) is 22.6 Å². The van der Waals surface area contributed by atoms with E-state index in [4.69, 9.17) is 16.0 Å². The first-order chi connectivity index (χ1) is 9.54. The lowest BCUT2D eigenvalue weighted by Crippen LogP contribution is -2.06. The summed E-state index contributed by atoms with van der Waals surface area (Å²) in [5.41, 5.74) is 3.20. The maximum absolute atomic E-state index is 6.26. The van der Waals surface area contributed by atoms with Crippen LogP contribution in [0.1, 0.15) is 35.3 Å². The molecule has 20 heavy (non-hydrogen) atoms. The molecule has 1 unspecified atom stereocenters. The molecule has 0 saturated heterocycles. The number of fused-ring (bicyclic) bond motifs is 1. The molecule has 0 aliphatic carbocycles. The molecule has 2 heterocycles. The van der Waals surface area contributed by atoms with Crippen LogP contribution in [0.25, 0.3) is 11.0 Å². The Hall–Kier alpha value is -1.81. The molecule has 0 aliphatic heterocycles. The van der Waals surface area contributed by atoms with E-state index in [-0.39, 0.29) is 5.38 Å². The van der Waals surface area contributed by atoms with E-state index >= 15 is 0 Å². The van der Waals surface area contributed by atoms with Gasteiger partial charge in [0.2, 0.25) is 5.89 Å². The molecule has 3 aromatic rings. The van der Waals surface area contributed by atoms with Gasteiger partial charge >= 0.3 is 0 Å². The van der Waals surface area contributed by atoms with Gasteiger partial charge in [0, 0.05) is 0 Å². The van der Waals surface area contributed by atoms with Crippen LogP contribution in [0.3, 0.4) is 0 Å². The Kier molecular flexibility index (Phi) is 3.26. The van der Waals surface area contributed by atoms with Crippen LogP contribution in [-0.4, -0.2) is 14.5 Å². The van der Waals surface area contributed by atoms with E-state index in [0.29, 0.717) is 12.4 Å². The van der Waals surface area contributed by atoms with Crippen LogP contribution < -0.4 is 0 Å². The van der Waals surface area contributed by atoms with Gasteiger partial charge in [-0.1, -0.05) is 6.07 Å². The Morgan fingerprint density at radius 1 is 1.35 bits per heavy atom. The van der Waals surface area contributed by atoms with Gasteiger partial charge in [0.05, 0.1) is 22.6 Å². The van der Waals surface area contributed by atoms with Crippen molar-refractivity contribution in [3.05, 3.63) is 47.4 Å². The van der Waals surface area contributed by atoms with E-state index in [9.17, 15) is 0 Å². The lowest BCUT2D eigenvalue weighted by atomic mass is 10.2. The third-order valence-electron chi connectivity index (χ3n) is 3.25. The molecule has 0 N–H and O–H groups in total. The Labute approximate surface area is 122 Å². The fourth-order valence-corrected chi connectivity index (χ4v) is 2.50. The third kappa shape index (κ3) is 2.31. The molecule has 0 aliphatic rings. The van der Waals surface area contributed by atoms with Crippen molar-refractivity contribution in [2.75, 3.05) is 0 Å². The summed E-state index contributed by atoms with van der Waals surface area (Å²) in [5, 5.41) is -0.168. The van der Waals surface area contributed by atoms with Gasteiger partial charge < -0.3 is 8.98 Å². The molecule has 1 atom stereocenters. The quantitative estimate of drug-likeness (QED) is 0.685. The number of nitrogens with zero attached hydrogens (tertiary/aromatic N) is 3. The summed E-state index contributed by atoms with van der Waals surface area (Å²) in [6, 6.07) is 6.18. The van der Waals surface area contributed by atoms with Gasteiger partial charge in [0.15, 0.2) is 0 Å². The first-order valence-electron chi connectivity index (χ1n) is 6.57. The highest BCUT2D eigenvalue weighted by Gasteiger charge is 2.16. The molecule has 4 nitrogen and oxygen atoms in total. The molecule has 2 aromatic heterocycles. The van der Waals surface area contributed by atoms with E-state index in [1.54, 1.807) is 6.20 Å². The Morgan fingerprint density at radius 2 is 2.15 bits per heavy atom. The SMILES string of the molecule is Cc1ccc2nc(C(C)Cl)n(Cc3ncc(C)o3)c2c1. The number of hydrogen-bond acceptors (Lipinski definition) is 3. The van der Waals surface area contributed by atoms with Gasteiger partial charge in [-0.05, 0) is 38.5 Å². The lowest BCUT2D eigenvalue weighted by molar-refractivity contribution is 0.456. The minimum absolute atomic E-state index is 0.168. The van der Waals surface area contributed by atoms with Crippen LogP contribution in [-0.2, 0) is 6.54 Å². The zero-order valence-corrected chi connectivity index (χ0v) is 12.5. The van der Waals surface area contributed by atoms with Crippen molar-refractivity contribution in [3.63, 3.8) is 0 Å². The summed E-state index contributed by atoms with van der Waals surface area (Å²) >= 11 is 6.26. The second-order valence-electron chi connectivity index (χ2n) is 5.03. The van der Waals surface area contributed by atoms with Crippen molar-refractivity contribution >= 4 is 22.6 Å². The van der Waals surface area contributed by atoms with Crippen LogP contribution in [0.15, 0.2) is 28.8 Å². The average Bonchev–Trinajstić information content (AvgIpc) is 2.95. The molecule has 0 radical (unpaired) electrons. The normalized spacial score (nSPS) is 13.0. The summed E-state index contributed by atoms with van der Waals surface area (Å²) in [6.45, 7) is 6.42. The van der Waals surface area contributed by atoms with Gasteiger partial charge in [-0.3, -0.25) is 0 Å². The number of alkyl halides is 1. The summed E-state index contributed by atoms with van der Waals surface area (Å²) in [6.07, 6.45) is 1.73. The van der Waals surface area contributed by atoms with E-state index < -0.39 is 0 Å². The van der Waals surface area contributed by atoms with Crippen molar-refractivity contribution in [2.24, 2.45) is 0 Å². The average molecular weight is 290 g/mol. The number of aryl methyl sites for hydroxylation is 2. The summed E-state index contributed by atoms with van der Waals surface area (Å²) in [4.78, 5) is 8.88. The standard InChI is InChI=1S/C15H16ClN3O/c1-9-4-5-12-13(6-9)19(15(18-12)11(3)16)8-14-17-7-10(2)20-14/h4-7,11H,8H2,1-3H3. The van der Waals surface area contributed by atoms with Crippen molar-refractivity contribution in [2.45, 2.75) is 32.7 Å². The van der Waals surface area contributed by atoms with Gasteiger partial charge in [-0.25, -0.2) is 9.97 Å². The fraction of sp³-hybridized carbons (Fsp3) is 0.333. The van der Waals surface area contributed by atoms with Gasteiger partial charge in [-0.15, -0.1) is 11.6 Å². The molecular formula is C15H16ClN3O. The van der Waals surface area contributed by atoms with Crippen molar-refractivity contribution in [1.29, 1.82) is 0 Å². The fourth-order valence-electron chi connectivity index (χ4n) is 2.33. The van der Waals surface area contributed by atoms with Gasteiger partial charge in [0.1, 0.15) is 18.1 Å². The molecule has 5 heteroatoms. The zero-order valence-electron chi connectivity index (χ0n) is 11.7. The molecule has 1 aromatic carbocycles. The smallest absolute Gasteiger partial charge is 0.214 e. The molecule has 0 fully saturated rings. The summed E-state index contributed by atoms with van der Waals surface area (Å²) < 4.78 is 7.64. The van der Waals surface area contributed by atoms with Crippen molar-refractivity contribution in [1.82, 2.24) is 14.5 Å². The van der Waals surface area contributed by atoms with E-state index in [2.05, 4.69) is 33.6 Å². The second kappa shape index (κ2) is 4.94. The topological polar surface area (TPSA) is 43.9 Å². The number of benzene rings is 1. The number of imidazole rings is 1. The Morgan fingerprint density at radius 3 is 2.80 bits per heavy atom. The van der Waals surface area contributed by atoms with Crippen LogP contribution in [0.5, 0.6) is 0 Å². The van der Waals surface area contributed by atoms with E-state index in [1.165, 1.54) is 5.56 Å². The zero-order chi connectivity index (χ0) is 14.3. The predicted octanol–water partition coefficient (Wildman–Crippen LogP) is 3.99. The Bertz CT molecular complexity index is 758. The highest BCUT2D eigenvalue weighted by Crippen LogP contribution is 2.26. The molecule has 0 amide bonds. The molecule has 104 valence electrons. The molecule has 0 bridgehead atoms. The highest BCUT2D eigenvalue weighted by atomic mass is 35.5. The van der Waals surface area contributed by atoms with Crippen molar-refractivity contribution in [3.8, 4) is 0 Å². The van der Waals surface area contributed by atoms with Crippen molar-refractivity contribution < 1.29 is 4.42 Å². The molecule has 3 rings (SSSR count). The van der Waals surface area contributed by atoms with Gasteiger partial charge in [0.25, 0.3) is 0 Å². The van der Waals surface area contributed by atoms with E-state index in [1.807, 2.05) is 19.9 Å². The molecule has 0 spiro atoms. The monoisotopic (exact) mass is 289 g/mol. The van der Waals surface area contributed by atoms with Gasteiger partial charge in [-0.2, -0.15) is 0 Å². The molecular weight excluding hydrogens is 274 g/mol. The summed E-state index contributed by atoms with van der Waals surface area (Å²) in [5.74, 6) is 2.31. The number of rotatable bonds is 3. The summed E-state index contributed by atoms with van der Waals surface area (Å²) in [7, 11) is 0. The maximum Gasteiger partial charge on any atom is 0.214 e.